The largest absolute Gasteiger partial charge is 0.472 e. The number of nitrogens with one attached hydrogen (secondary N) is 1. The molecule has 2 fully saturated rings. The molecule has 1 amide bonds. The number of carbonyl (C=O) groups is 1. The number of likely N-dealkylation sites (tertiary alicyclic amines) is 1. The minimum Gasteiger partial charge on any atom is -0.472 e. The minimum atomic E-state index is -0.00546. The molecule has 0 aromatic carbocycles. The van der Waals surface area contributed by atoms with Gasteiger partial charge in [0.25, 0.3) is 5.90 Å². The van der Waals surface area contributed by atoms with E-state index >= 15 is 0 Å². The van der Waals surface area contributed by atoms with Gasteiger partial charge in [-0.15, -0.1) is 0 Å². The van der Waals surface area contributed by atoms with Crippen LogP contribution in [-0.2, 0) is 9.53 Å². The fourth-order valence-electron chi connectivity index (χ4n) is 2.87. The molecule has 3 aliphatic rings. The van der Waals surface area contributed by atoms with E-state index < -0.39 is 0 Å². The van der Waals surface area contributed by atoms with Gasteiger partial charge in [-0.05, 0) is 31.3 Å². The van der Waals surface area contributed by atoms with E-state index in [-0.39, 0.29) is 5.91 Å². The normalized spacial score (nSPS) is 33.2. The lowest BCUT2D eigenvalue weighted by molar-refractivity contribution is -0.128. The third-order valence-corrected chi connectivity index (χ3v) is 3.55. The van der Waals surface area contributed by atoms with Crippen molar-refractivity contribution in [3.63, 3.8) is 0 Å². The Morgan fingerprint density at radius 2 is 2.12 bits per heavy atom. The zero-order chi connectivity index (χ0) is 11.0. The first-order chi connectivity index (χ1) is 7.83. The summed E-state index contributed by atoms with van der Waals surface area (Å²) in [6.07, 6.45) is 1.25. The fraction of sp³-hybridized carbons (Fsp3) is 0.818. The van der Waals surface area contributed by atoms with Crippen LogP contribution in [0.25, 0.3) is 0 Å². The molecule has 0 spiro atoms. The Morgan fingerprint density at radius 1 is 1.38 bits per heavy atom. The lowest BCUT2D eigenvalue weighted by atomic mass is 9.86. The van der Waals surface area contributed by atoms with Crippen LogP contribution in [0.2, 0.25) is 0 Å². The minimum absolute atomic E-state index is 0.00546. The molecule has 2 saturated heterocycles. The summed E-state index contributed by atoms with van der Waals surface area (Å²) in [6.45, 7) is 4.96. The zero-order valence-electron chi connectivity index (χ0n) is 9.32. The first-order valence-corrected chi connectivity index (χ1v) is 6.00. The van der Waals surface area contributed by atoms with Crippen LogP contribution in [0.5, 0.6) is 0 Å². The Labute approximate surface area is 94.9 Å². The molecule has 0 aromatic rings. The molecular weight excluding hydrogens is 206 g/mol. The maximum atomic E-state index is 12.1. The van der Waals surface area contributed by atoms with E-state index in [1.807, 2.05) is 4.90 Å². The number of carbonyl (C=O) groups excluding carboxylic acids is 1. The molecule has 0 aromatic heterocycles. The molecule has 5 nitrogen and oxygen atoms in total. The summed E-state index contributed by atoms with van der Waals surface area (Å²) >= 11 is 0. The summed E-state index contributed by atoms with van der Waals surface area (Å²) in [4.78, 5) is 18.1. The summed E-state index contributed by atoms with van der Waals surface area (Å²) in [5.41, 5.74) is 0. The van der Waals surface area contributed by atoms with E-state index in [9.17, 15) is 4.79 Å². The first-order valence-electron chi connectivity index (χ1n) is 6.00. The SMILES string of the molecule is O=C(C1=NCCO1)N1CC2CNCC(C2)C1. The third-order valence-electron chi connectivity index (χ3n) is 3.55. The predicted octanol–water partition coefficient (Wildman–Crippen LogP) is -0.517. The average Bonchev–Trinajstić information content (AvgIpc) is 2.81. The molecule has 3 aliphatic heterocycles. The van der Waals surface area contributed by atoms with Crippen LogP contribution >= 0.6 is 0 Å². The highest BCUT2D eigenvalue weighted by atomic mass is 16.5. The van der Waals surface area contributed by atoms with Crippen molar-refractivity contribution < 1.29 is 9.53 Å². The van der Waals surface area contributed by atoms with Crippen LogP contribution in [0.4, 0.5) is 0 Å². The van der Waals surface area contributed by atoms with Crippen molar-refractivity contribution in [1.29, 1.82) is 0 Å². The number of hydrogen-bond donors (Lipinski definition) is 1. The molecule has 3 rings (SSSR count). The van der Waals surface area contributed by atoms with Crippen molar-refractivity contribution in [3.05, 3.63) is 0 Å². The van der Waals surface area contributed by atoms with Crippen molar-refractivity contribution in [2.75, 3.05) is 39.3 Å². The first kappa shape index (κ1) is 10.1. The Morgan fingerprint density at radius 3 is 2.75 bits per heavy atom. The fourth-order valence-corrected chi connectivity index (χ4v) is 2.87. The molecule has 16 heavy (non-hydrogen) atoms. The number of amides is 1. The van der Waals surface area contributed by atoms with Gasteiger partial charge in [0, 0.05) is 13.1 Å². The van der Waals surface area contributed by atoms with E-state index in [1.165, 1.54) is 6.42 Å². The van der Waals surface area contributed by atoms with E-state index in [2.05, 4.69) is 10.3 Å². The summed E-state index contributed by atoms with van der Waals surface area (Å²) in [5.74, 6) is 1.54. The van der Waals surface area contributed by atoms with Gasteiger partial charge in [0.1, 0.15) is 6.61 Å². The molecule has 2 bridgehead atoms. The highest BCUT2D eigenvalue weighted by molar-refractivity contribution is 6.35. The molecule has 1 N–H and O–H groups in total. The second-order valence-corrected chi connectivity index (χ2v) is 4.87. The van der Waals surface area contributed by atoms with Crippen LogP contribution in [0.1, 0.15) is 6.42 Å². The van der Waals surface area contributed by atoms with E-state index in [0.717, 1.165) is 26.2 Å². The number of ether oxygens (including phenoxy) is 1. The van der Waals surface area contributed by atoms with Crippen molar-refractivity contribution in [2.45, 2.75) is 6.42 Å². The molecular formula is C11H17N3O2. The van der Waals surface area contributed by atoms with E-state index in [0.29, 0.717) is 30.9 Å². The standard InChI is InChI=1S/C11H17N3O2/c15-11(10-13-1-2-16-10)14-6-8-3-9(7-14)5-12-4-8/h8-9,12H,1-7H2. The summed E-state index contributed by atoms with van der Waals surface area (Å²) < 4.78 is 5.23. The van der Waals surface area contributed by atoms with E-state index in [4.69, 9.17) is 4.74 Å². The van der Waals surface area contributed by atoms with Gasteiger partial charge in [0.05, 0.1) is 6.54 Å². The van der Waals surface area contributed by atoms with Gasteiger partial charge in [-0.1, -0.05) is 0 Å². The molecule has 0 saturated carbocycles. The van der Waals surface area contributed by atoms with Gasteiger partial charge >= 0.3 is 5.91 Å². The maximum Gasteiger partial charge on any atom is 0.308 e. The lowest BCUT2D eigenvalue weighted by Gasteiger charge is -2.41. The monoisotopic (exact) mass is 223 g/mol. The van der Waals surface area contributed by atoms with Crippen LogP contribution < -0.4 is 5.32 Å². The number of nitrogens with zero attached hydrogens (tertiary/aromatic N) is 2. The van der Waals surface area contributed by atoms with Crippen molar-refractivity contribution in [2.24, 2.45) is 16.8 Å². The Kier molecular flexibility index (Phi) is 2.55. The molecule has 0 radical (unpaired) electrons. The summed E-state index contributed by atoms with van der Waals surface area (Å²) in [5, 5.41) is 3.42. The zero-order valence-corrected chi connectivity index (χ0v) is 9.32. The third kappa shape index (κ3) is 1.80. The number of hydrogen-bond acceptors (Lipinski definition) is 4. The smallest absolute Gasteiger partial charge is 0.308 e. The van der Waals surface area contributed by atoms with Crippen molar-refractivity contribution in [3.8, 4) is 0 Å². The van der Waals surface area contributed by atoms with Crippen molar-refractivity contribution in [1.82, 2.24) is 10.2 Å². The molecule has 2 unspecified atom stereocenters. The lowest BCUT2D eigenvalue weighted by Crippen LogP contribution is -2.54. The number of aliphatic imine (C=N–C) groups is 1. The Hall–Kier alpha value is -1.10. The Balaban J connectivity index is 1.68. The number of fused-ring (bicyclic) bond motifs is 2. The summed E-state index contributed by atoms with van der Waals surface area (Å²) in [7, 11) is 0. The molecule has 0 aliphatic carbocycles. The van der Waals surface area contributed by atoms with Gasteiger partial charge in [0.2, 0.25) is 0 Å². The highest BCUT2D eigenvalue weighted by Crippen LogP contribution is 2.24. The Bertz CT molecular complexity index is 317. The molecule has 88 valence electrons. The molecule has 5 heteroatoms. The maximum absolute atomic E-state index is 12.1. The predicted molar refractivity (Wildman–Crippen MR) is 59.3 cm³/mol. The quantitative estimate of drug-likeness (QED) is 0.651. The number of piperidine rings is 2. The van der Waals surface area contributed by atoms with Crippen LogP contribution in [-0.4, -0.2) is 56.0 Å². The van der Waals surface area contributed by atoms with Gasteiger partial charge < -0.3 is 15.0 Å². The second kappa shape index (κ2) is 4.05. The molecule has 2 atom stereocenters. The number of rotatable bonds is 1. The topological polar surface area (TPSA) is 53.9 Å². The summed E-state index contributed by atoms with van der Waals surface area (Å²) in [6, 6.07) is 0. The van der Waals surface area contributed by atoms with Gasteiger partial charge in [-0.2, -0.15) is 0 Å². The second-order valence-electron chi connectivity index (χ2n) is 4.87. The van der Waals surface area contributed by atoms with Gasteiger partial charge in [0.15, 0.2) is 0 Å². The average molecular weight is 223 g/mol. The van der Waals surface area contributed by atoms with Crippen LogP contribution in [0.15, 0.2) is 4.99 Å². The van der Waals surface area contributed by atoms with Gasteiger partial charge in [-0.25, -0.2) is 4.99 Å². The van der Waals surface area contributed by atoms with Crippen LogP contribution in [0.3, 0.4) is 0 Å². The molecule has 3 heterocycles. The highest BCUT2D eigenvalue weighted by Gasteiger charge is 2.35. The van der Waals surface area contributed by atoms with Crippen molar-refractivity contribution >= 4 is 11.8 Å². The van der Waals surface area contributed by atoms with E-state index in [1.54, 1.807) is 0 Å². The van der Waals surface area contributed by atoms with Gasteiger partial charge in [-0.3, -0.25) is 4.79 Å². The van der Waals surface area contributed by atoms with Crippen LogP contribution in [0, 0.1) is 11.8 Å².